The number of carbonyl (C=O) groups is 2. The van der Waals surface area contributed by atoms with Crippen molar-refractivity contribution >= 4 is 30.5 Å². The van der Waals surface area contributed by atoms with Crippen LogP contribution in [0.4, 0.5) is 15.3 Å². The van der Waals surface area contributed by atoms with Crippen molar-refractivity contribution in [3.8, 4) is 0 Å². The molecular formula is C26H29BN2O6. The molecule has 0 radical (unpaired) electrons. The molecule has 3 rings (SSSR count). The SMILES string of the molecule is Cc1cc(B(O)O)ccc1CCOC(=O)Nc1cccc([C@@H](C)NC(=O)OCc2ccccc2)c1. The van der Waals surface area contributed by atoms with Crippen molar-refractivity contribution in [2.24, 2.45) is 0 Å². The summed E-state index contributed by atoms with van der Waals surface area (Å²) in [5.41, 5.74) is 4.48. The Bertz CT molecular complexity index is 1140. The number of amides is 2. The van der Waals surface area contributed by atoms with E-state index in [4.69, 9.17) is 9.47 Å². The minimum Gasteiger partial charge on any atom is -0.449 e. The molecule has 1 atom stereocenters. The summed E-state index contributed by atoms with van der Waals surface area (Å²) in [6.45, 7) is 4.03. The maximum absolute atomic E-state index is 12.2. The molecule has 8 nitrogen and oxygen atoms in total. The summed E-state index contributed by atoms with van der Waals surface area (Å²) in [6.07, 6.45) is -0.631. The number of rotatable bonds is 9. The van der Waals surface area contributed by atoms with E-state index in [1.807, 2.05) is 50.2 Å². The van der Waals surface area contributed by atoms with Crippen LogP contribution in [-0.2, 0) is 22.5 Å². The third kappa shape index (κ3) is 8.17. The smallest absolute Gasteiger partial charge is 0.449 e. The van der Waals surface area contributed by atoms with E-state index in [2.05, 4.69) is 10.6 Å². The number of nitrogens with one attached hydrogen (secondary N) is 2. The second-order valence-corrected chi connectivity index (χ2v) is 8.12. The lowest BCUT2D eigenvalue weighted by atomic mass is 9.79. The van der Waals surface area contributed by atoms with Crippen molar-refractivity contribution in [3.05, 3.63) is 95.1 Å². The Labute approximate surface area is 205 Å². The highest BCUT2D eigenvalue weighted by molar-refractivity contribution is 6.58. The van der Waals surface area contributed by atoms with Crippen LogP contribution in [0.3, 0.4) is 0 Å². The number of anilines is 1. The van der Waals surface area contributed by atoms with Gasteiger partial charge in [-0.05, 0) is 53.7 Å². The number of alkyl carbamates (subject to hydrolysis) is 1. The van der Waals surface area contributed by atoms with Crippen LogP contribution in [0.2, 0.25) is 0 Å². The molecule has 0 spiro atoms. The average molecular weight is 476 g/mol. The predicted molar refractivity (Wildman–Crippen MR) is 134 cm³/mol. The van der Waals surface area contributed by atoms with Gasteiger partial charge in [-0.15, -0.1) is 0 Å². The topological polar surface area (TPSA) is 117 Å². The van der Waals surface area contributed by atoms with Gasteiger partial charge in [0.25, 0.3) is 0 Å². The van der Waals surface area contributed by atoms with E-state index in [0.717, 1.165) is 22.3 Å². The quantitative estimate of drug-likeness (QED) is 0.352. The van der Waals surface area contributed by atoms with Crippen LogP contribution in [0.5, 0.6) is 0 Å². The lowest BCUT2D eigenvalue weighted by Crippen LogP contribution is -2.30. The molecule has 182 valence electrons. The van der Waals surface area contributed by atoms with Crippen molar-refractivity contribution in [3.63, 3.8) is 0 Å². The van der Waals surface area contributed by atoms with Crippen molar-refractivity contribution in [1.82, 2.24) is 5.32 Å². The molecule has 0 aliphatic carbocycles. The molecule has 0 fully saturated rings. The minimum atomic E-state index is -1.52. The zero-order valence-corrected chi connectivity index (χ0v) is 19.7. The van der Waals surface area contributed by atoms with E-state index in [1.54, 1.807) is 36.4 Å². The first kappa shape index (κ1) is 25.8. The maximum atomic E-state index is 12.2. The Kier molecular flexibility index (Phi) is 9.28. The van der Waals surface area contributed by atoms with E-state index in [-0.39, 0.29) is 19.3 Å². The van der Waals surface area contributed by atoms with Gasteiger partial charge in [0.2, 0.25) is 0 Å². The molecule has 0 aliphatic rings. The fourth-order valence-electron chi connectivity index (χ4n) is 3.48. The lowest BCUT2D eigenvalue weighted by molar-refractivity contribution is 0.136. The third-order valence-electron chi connectivity index (χ3n) is 5.45. The van der Waals surface area contributed by atoms with Gasteiger partial charge in [-0.25, -0.2) is 9.59 Å². The predicted octanol–water partition coefficient (Wildman–Crippen LogP) is 3.45. The van der Waals surface area contributed by atoms with Gasteiger partial charge in [0.05, 0.1) is 12.6 Å². The summed E-state index contributed by atoms with van der Waals surface area (Å²) in [5.74, 6) is 0. The van der Waals surface area contributed by atoms with E-state index < -0.39 is 19.3 Å². The molecule has 0 bridgehead atoms. The Balaban J connectivity index is 1.45. The largest absolute Gasteiger partial charge is 0.488 e. The summed E-state index contributed by atoms with van der Waals surface area (Å²) in [6, 6.07) is 21.3. The van der Waals surface area contributed by atoms with Gasteiger partial charge in [0.1, 0.15) is 6.61 Å². The molecule has 0 aromatic heterocycles. The molecule has 4 N–H and O–H groups in total. The normalized spacial score (nSPS) is 11.3. The van der Waals surface area contributed by atoms with Gasteiger partial charge in [-0.3, -0.25) is 5.32 Å². The van der Waals surface area contributed by atoms with E-state index in [1.165, 1.54) is 0 Å². The van der Waals surface area contributed by atoms with Gasteiger partial charge in [-0.1, -0.05) is 60.7 Å². The monoisotopic (exact) mass is 476 g/mol. The highest BCUT2D eigenvalue weighted by Crippen LogP contribution is 2.18. The summed E-state index contributed by atoms with van der Waals surface area (Å²) >= 11 is 0. The second kappa shape index (κ2) is 12.6. The average Bonchev–Trinajstić information content (AvgIpc) is 2.84. The van der Waals surface area contributed by atoms with Crippen molar-refractivity contribution in [1.29, 1.82) is 0 Å². The Morgan fingerprint density at radius 2 is 1.71 bits per heavy atom. The number of benzene rings is 3. The lowest BCUT2D eigenvalue weighted by Gasteiger charge is -2.16. The summed E-state index contributed by atoms with van der Waals surface area (Å²) < 4.78 is 10.5. The Morgan fingerprint density at radius 3 is 2.43 bits per heavy atom. The van der Waals surface area contributed by atoms with Crippen LogP contribution in [0, 0.1) is 6.92 Å². The Hall–Kier alpha value is -3.82. The van der Waals surface area contributed by atoms with Gasteiger partial charge in [0.15, 0.2) is 0 Å². The minimum absolute atomic E-state index is 0.165. The van der Waals surface area contributed by atoms with Crippen LogP contribution in [0.25, 0.3) is 0 Å². The van der Waals surface area contributed by atoms with Crippen molar-refractivity contribution < 1.29 is 29.1 Å². The number of carbonyl (C=O) groups excluding carboxylic acids is 2. The van der Waals surface area contributed by atoms with Crippen LogP contribution in [0.1, 0.15) is 35.2 Å². The maximum Gasteiger partial charge on any atom is 0.488 e. The third-order valence-corrected chi connectivity index (χ3v) is 5.45. The molecule has 2 amide bonds. The molecule has 0 saturated heterocycles. The first-order chi connectivity index (χ1) is 16.8. The van der Waals surface area contributed by atoms with Gasteiger partial charge < -0.3 is 24.8 Å². The summed E-state index contributed by atoms with van der Waals surface area (Å²) in [5, 5.41) is 24.0. The molecule has 9 heteroatoms. The second-order valence-electron chi connectivity index (χ2n) is 8.12. The first-order valence-corrected chi connectivity index (χ1v) is 11.3. The zero-order valence-electron chi connectivity index (χ0n) is 19.7. The molecule has 0 aliphatic heterocycles. The number of aryl methyl sites for hydroxylation is 1. The Morgan fingerprint density at radius 1 is 0.943 bits per heavy atom. The van der Waals surface area contributed by atoms with Gasteiger partial charge >= 0.3 is 19.3 Å². The fourth-order valence-corrected chi connectivity index (χ4v) is 3.48. The number of ether oxygens (including phenoxy) is 2. The first-order valence-electron chi connectivity index (χ1n) is 11.3. The number of hydrogen-bond acceptors (Lipinski definition) is 6. The molecule has 0 saturated carbocycles. The molecule has 35 heavy (non-hydrogen) atoms. The highest BCUT2D eigenvalue weighted by Gasteiger charge is 2.14. The van der Waals surface area contributed by atoms with E-state index >= 15 is 0 Å². The highest BCUT2D eigenvalue weighted by atomic mass is 16.6. The van der Waals surface area contributed by atoms with Gasteiger partial charge in [0, 0.05) is 12.1 Å². The zero-order chi connectivity index (χ0) is 25.2. The molecule has 3 aromatic carbocycles. The molecule has 0 heterocycles. The summed E-state index contributed by atoms with van der Waals surface area (Å²) in [7, 11) is -1.52. The van der Waals surface area contributed by atoms with Crippen LogP contribution < -0.4 is 16.1 Å². The molecule has 0 unspecified atom stereocenters. The van der Waals surface area contributed by atoms with E-state index in [0.29, 0.717) is 17.6 Å². The van der Waals surface area contributed by atoms with Crippen LogP contribution in [0.15, 0.2) is 72.8 Å². The molecular weight excluding hydrogens is 447 g/mol. The molecule has 3 aromatic rings. The summed E-state index contributed by atoms with van der Waals surface area (Å²) in [4.78, 5) is 24.3. The van der Waals surface area contributed by atoms with Gasteiger partial charge in [-0.2, -0.15) is 0 Å². The van der Waals surface area contributed by atoms with E-state index in [9.17, 15) is 19.6 Å². The van der Waals surface area contributed by atoms with Crippen LogP contribution >= 0.6 is 0 Å². The standard InChI is InChI=1S/C26H29BN2O6/c1-18-15-23(27(32)33)12-11-21(18)13-14-34-26(31)29-24-10-6-9-22(16-24)19(2)28-25(30)35-17-20-7-4-3-5-8-20/h3-12,15-16,19,32-33H,13-14,17H2,1-2H3,(H,28,30)(H,29,31)/t19-/m1/s1. The number of hydrogen-bond donors (Lipinski definition) is 4. The fraction of sp³-hybridized carbons (Fsp3) is 0.231. The van der Waals surface area contributed by atoms with Crippen LogP contribution in [-0.4, -0.2) is 36.0 Å². The van der Waals surface area contributed by atoms with Crippen molar-refractivity contribution in [2.75, 3.05) is 11.9 Å². The van der Waals surface area contributed by atoms with Crippen molar-refractivity contribution in [2.45, 2.75) is 32.9 Å².